The monoisotopic (exact) mass is 416 g/mol. The lowest BCUT2D eigenvalue weighted by Crippen LogP contribution is -2.18. The van der Waals surface area contributed by atoms with E-state index >= 15 is 0 Å². The summed E-state index contributed by atoms with van der Waals surface area (Å²) in [4.78, 5) is 2.22. The van der Waals surface area contributed by atoms with Crippen LogP contribution in [0.3, 0.4) is 0 Å². The maximum Gasteiger partial charge on any atom is 0.276 e. The lowest BCUT2D eigenvalue weighted by atomic mass is 10.2. The van der Waals surface area contributed by atoms with Gasteiger partial charge in [0.2, 0.25) is 6.79 Å². The van der Waals surface area contributed by atoms with Crippen LogP contribution in [0.1, 0.15) is 5.56 Å². The van der Waals surface area contributed by atoms with Gasteiger partial charge in [0, 0.05) is 15.1 Å². The van der Waals surface area contributed by atoms with Crippen molar-refractivity contribution in [3.8, 4) is 11.5 Å². The van der Waals surface area contributed by atoms with Crippen molar-refractivity contribution in [1.82, 2.24) is 4.83 Å². The Morgan fingerprint density at radius 1 is 1.17 bits per heavy atom. The molecule has 2 aromatic rings. The average molecular weight is 418 g/mol. The first-order chi connectivity index (χ1) is 11.0. The molecule has 0 amide bonds. The minimum Gasteiger partial charge on any atom is -0.454 e. The first-order valence-corrected chi connectivity index (χ1v) is 9.01. The molecule has 1 aliphatic rings. The highest BCUT2D eigenvalue weighted by Gasteiger charge is 2.16. The van der Waals surface area contributed by atoms with Gasteiger partial charge in [-0.15, -0.1) is 0 Å². The molecular weight excluding hydrogens is 408 g/mol. The predicted molar refractivity (Wildman–Crippen MR) is 89.6 cm³/mol. The zero-order valence-electron chi connectivity index (χ0n) is 11.5. The van der Waals surface area contributed by atoms with E-state index in [0.717, 1.165) is 0 Å². The summed E-state index contributed by atoms with van der Waals surface area (Å²) >= 11 is 9.10. The van der Waals surface area contributed by atoms with Gasteiger partial charge < -0.3 is 9.47 Å². The van der Waals surface area contributed by atoms with Crippen LogP contribution in [0.4, 0.5) is 0 Å². The molecule has 0 aromatic heterocycles. The fourth-order valence-corrected chi connectivity index (χ4v) is 3.21. The number of ether oxygens (including phenoxy) is 2. The van der Waals surface area contributed by atoms with Crippen LogP contribution in [0, 0.1) is 0 Å². The normalized spacial score (nSPS) is 13.5. The van der Waals surface area contributed by atoms with E-state index in [2.05, 4.69) is 25.9 Å². The van der Waals surface area contributed by atoms with E-state index in [-0.39, 0.29) is 11.7 Å². The first kappa shape index (κ1) is 16.1. The number of halogens is 2. The van der Waals surface area contributed by atoms with Gasteiger partial charge in [-0.2, -0.15) is 13.5 Å². The largest absolute Gasteiger partial charge is 0.454 e. The van der Waals surface area contributed by atoms with Crippen LogP contribution in [0.2, 0.25) is 5.02 Å². The second-order valence-electron chi connectivity index (χ2n) is 4.53. The molecule has 0 atom stereocenters. The van der Waals surface area contributed by atoms with Gasteiger partial charge in [-0.25, -0.2) is 4.83 Å². The number of sulfonamides is 1. The number of rotatable bonds is 4. The number of hydrogen-bond donors (Lipinski definition) is 1. The highest BCUT2D eigenvalue weighted by atomic mass is 79.9. The SMILES string of the molecule is O=S(=O)(N/N=C/c1cc2c(cc1Br)OCO2)c1ccc(Cl)cc1. The molecular formula is C14H10BrClN2O4S. The molecule has 23 heavy (non-hydrogen) atoms. The molecule has 120 valence electrons. The molecule has 3 rings (SSSR count). The maximum atomic E-state index is 12.1. The molecule has 1 heterocycles. The van der Waals surface area contributed by atoms with E-state index in [4.69, 9.17) is 21.1 Å². The summed E-state index contributed by atoms with van der Waals surface area (Å²) in [6.45, 7) is 0.158. The van der Waals surface area contributed by atoms with Crippen molar-refractivity contribution in [2.75, 3.05) is 6.79 Å². The summed E-state index contributed by atoms with van der Waals surface area (Å²) in [5, 5.41) is 4.23. The number of hydrogen-bond acceptors (Lipinski definition) is 5. The van der Waals surface area contributed by atoms with E-state index in [1.807, 2.05) is 0 Å². The van der Waals surface area contributed by atoms with Crippen molar-refractivity contribution in [2.45, 2.75) is 4.90 Å². The topological polar surface area (TPSA) is 77.0 Å². The van der Waals surface area contributed by atoms with Gasteiger partial charge in [-0.05, 0) is 52.3 Å². The molecule has 0 saturated heterocycles. The van der Waals surface area contributed by atoms with Gasteiger partial charge >= 0.3 is 0 Å². The predicted octanol–water partition coefficient (Wildman–Crippen LogP) is 3.14. The Morgan fingerprint density at radius 2 is 1.83 bits per heavy atom. The van der Waals surface area contributed by atoms with Gasteiger partial charge in [0.25, 0.3) is 10.0 Å². The fourth-order valence-electron chi connectivity index (χ4n) is 1.86. The van der Waals surface area contributed by atoms with Gasteiger partial charge in [0.1, 0.15) is 0 Å². The second kappa shape index (κ2) is 6.38. The lowest BCUT2D eigenvalue weighted by molar-refractivity contribution is 0.174. The first-order valence-electron chi connectivity index (χ1n) is 6.35. The van der Waals surface area contributed by atoms with Crippen LogP contribution < -0.4 is 14.3 Å². The van der Waals surface area contributed by atoms with Gasteiger partial charge in [0.15, 0.2) is 11.5 Å². The molecule has 0 aliphatic carbocycles. The molecule has 0 fully saturated rings. The van der Waals surface area contributed by atoms with Crippen molar-refractivity contribution >= 4 is 43.8 Å². The van der Waals surface area contributed by atoms with E-state index in [0.29, 0.717) is 26.6 Å². The lowest BCUT2D eigenvalue weighted by Gasteiger charge is -2.04. The Kier molecular flexibility index (Phi) is 4.47. The van der Waals surface area contributed by atoms with Crippen molar-refractivity contribution < 1.29 is 17.9 Å². The summed E-state index contributed by atoms with van der Waals surface area (Å²) in [6, 6.07) is 9.22. The minimum absolute atomic E-state index is 0.0730. The smallest absolute Gasteiger partial charge is 0.276 e. The van der Waals surface area contributed by atoms with Crippen molar-refractivity contribution in [2.24, 2.45) is 5.10 Å². The number of benzene rings is 2. The summed E-state index contributed by atoms with van der Waals surface area (Å²) in [7, 11) is -3.75. The van der Waals surface area contributed by atoms with Gasteiger partial charge in [-0.3, -0.25) is 0 Å². The summed E-state index contributed by atoms with van der Waals surface area (Å²) in [5.41, 5.74) is 0.646. The van der Waals surface area contributed by atoms with Crippen LogP contribution in [0.15, 0.2) is 50.9 Å². The van der Waals surface area contributed by atoms with E-state index in [1.54, 1.807) is 12.1 Å². The summed E-state index contributed by atoms with van der Waals surface area (Å²) in [5.74, 6) is 1.20. The molecule has 0 bridgehead atoms. The van der Waals surface area contributed by atoms with E-state index < -0.39 is 10.0 Å². The molecule has 1 N–H and O–H groups in total. The Balaban J connectivity index is 1.77. The molecule has 1 aliphatic heterocycles. The number of fused-ring (bicyclic) bond motifs is 1. The van der Waals surface area contributed by atoms with Crippen molar-refractivity contribution in [3.63, 3.8) is 0 Å². The molecule has 0 spiro atoms. The molecule has 9 heteroatoms. The molecule has 2 aromatic carbocycles. The van der Waals surface area contributed by atoms with Gasteiger partial charge in [0.05, 0.1) is 11.1 Å². The van der Waals surface area contributed by atoms with Crippen LogP contribution in [0.25, 0.3) is 0 Å². The zero-order chi connectivity index (χ0) is 16.4. The maximum absolute atomic E-state index is 12.1. The molecule has 6 nitrogen and oxygen atoms in total. The quantitative estimate of drug-likeness (QED) is 0.612. The Labute approximate surface area is 146 Å². The van der Waals surface area contributed by atoms with Gasteiger partial charge in [-0.1, -0.05) is 11.6 Å². The van der Waals surface area contributed by atoms with Crippen molar-refractivity contribution in [3.05, 3.63) is 51.5 Å². The van der Waals surface area contributed by atoms with Crippen LogP contribution >= 0.6 is 27.5 Å². The fraction of sp³-hybridized carbons (Fsp3) is 0.0714. The molecule has 0 radical (unpaired) electrons. The number of hydrazone groups is 1. The standard InChI is InChI=1S/C14H10BrClN2O4S/c15-12-6-14-13(21-8-22-14)5-9(12)7-17-18-23(19,20)11-3-1-10(16)2-4-11/h1-7,18H,8H2/b17-7+. The zero-order valence-corrected chi connectivity index (χ0v) is 14.7. The average Bonchev–Trinajstić information content (AvgIpc) is 2.95. The summed E-state index contributed by atoms with van der Waals surface area (Å²) < 4.78 is 35.4. The Bertz CT molecular complexity index is 869. The molecule has 0 saturated carbocycles. The highest BCUT2D eigenvalue weighted by Crippen LogP contribution is 2.36. The minimum atomic E-state index is -3.75. The number of nitrogens with zero attached hydrogens (tertiary/aromatic N) is 1. The second-order valence-corrected chi connectivity index (χ2v) is 7.49. The third kappa shape index (κ3) is 3.60. The highest BCUT2D eigenvalue weighted by molar-refractivity contribution is 9.10. The third-order valence-electron chi connectivity index (χ3n) is 2.99. The summed E-state index contributed by atoms with van der Waals surface area (Å²) in [6.07, 6.45) is 1.37. The molecule has 0 unspecified atom stereocenters. The Hall–Kier alpha value is -1.77. The van der Waals surface area contributed by atoms with E-state index in [1.165, 1.54) is 30.5 Å². The number of nitrogens with one attached hydrogen (secondary N) is 1. The van der Waals surface area contributed by atoms with E-state index in [9.17, 15) is 8.42 Å². The third-order valence-corrected chi connectivity index (χ3v) is 5.17. The van der Waals surface area contributed by atoms with Crippen LogP contribution in [-0.2, 0) is 10.0 Å². The van der Waals surface area contributed by atoms with Crippen molar-refractivity contribution in [1.29, 1.82) is 0 Å². The van der Waals surface area contributed by atoms with Crippen LogP contribution in [-0.4, -0.2) is 21.4 Å². The Morgan fingerprint density at radius 3 is 2.52 bits per heavy atom. The van der Waals surface area contributed by atoms with Crippen LogP contribution in [0.5, 0.6) is 11.5 Å².